The highest BCUT2D eigenvalue weighted by Crippen LogP contribution is 2.27. The number of carbonyl (C=O) groups is 2. The molecule has 0 spiro atoms. The van der Waals surface area contributed by atoms with E-state index in [2.05, 4.69) is 5.32 Å². The molecule has 7 nitrogen and oxygen atoms in total. The molecule has 0 saturated carbocycles. The number of rotatable bonds is 7. The molecule has 2 aromatic carbocycles. The fourth-order valence-corrected chi connectivity index (χ4v) is 3.76. The van der Waals surface area contributed by atoms with Crippen molar-refractivity contribution in [2.45, 2.75) is 40.2 Å². The zero-order chi connectivity index (χ0) is 23.3. The van der Waals surface area contributed by atoms with Gasteiger partial charge in [-0.1, -0.05) is 20.8 Å². The molecule has 0 aliphatic carbocycles. The number of hydrogen-bond acceptors (Lipinski definition) is 4. The third-order valence-electron chi connectivity index (χ3n) is 5.25. The zero-order valence-corrected chi connectivity index (χ0v) is 19.6. The number of ether oxygens (including phenoxy) is 2. The largest absolute Gasteiger partial charge is 0.497 e. The number of anilines is 2. The van der Waals surface area contributed by atoms with Crippen LogP contribution in [0.15, 0.2) is 42.5 Å². The highest BCUT2D eigenvalue weighted by molar-refractivity contribution is 5.94. The summed E-state index contributed by atoms with van der Waals surface area (Å²) in [5.41, 5.74) is 2.43. The van der Waals surface area contributed by atoms with Crippen LogP contribution in [0.3, 0.4) is 0 Å². The van der Waals surface area contributed by atoms with E-state index in [1.807, 2.05) is 68.1 Å². The van der Waals surface area contributed by atoms with E-state index in [0.29, 0.717) is 37.6 Å². The third-order valence-corrected chi connectivity index (χ3v) is 5.25. The van der Waals surface area contributed by atoms with Gasteiger partial charge in [-0.2, -0.15) is 0 Å². The molecular weight excluding hydrogens is 406 g/mol. The minimum absolute atomic E-state index is 0.0146. The smallest absolute Gasteiger partial charge is 0.324 e. The van der Waals surface area contributed by atoms with Crippen LogP contribution in [-0.4, -0.2) is 44.1 Å². The Morgan fingerprint density at radius 3 is 2.19 bits per heavy atom. The predicted molar refractivity (Wildman–Crippen MR) is 126 cm³/mol. The summed E-state index contributed by atoms with van der Waals surface area (Å²) in [5.74, 6) is 1.38. The molecule has 0 aromatic heterocycles. The molecule has 1 heterocycles. The Kier molecular flexibility index (Phi) is 7.28. The van der Waals surface area contributed by atoms with Gasteiger partial charge in [0.1, 0.15) is 11.5 Å². The Morgan fingerprint density at radius 1 is 1.00 bits per heavy atom. The second kappa shape index (κ2) is 9.94. The first-order chi connectivity index (χ1) is 15.2. The van der Waals surface area contributed by atoms with Crippen LogP contribution in [0.1, 0.15) is 39.2 Å². The Labute approximate surface area is 190 Å². The van der Waals surface area contributed by atoms with Crippen molar-refractivity contribution in [2.24, 2.45) is 5.41 Å². The summed E-state index contributed by atoms with van der Waals surface area (Å²) >= 11 is 0. The number of nitrogens with zero attached hydrogens (tertiary/aromatic N) is 2. The summed E-state index contributed by atoms with van der Waals surface area (Å²) in [6.07, 6.45) is 1.32. The number of urea groups is 1. The molecule has 0 bridgehead atoms. The first kappa shape index (κ1) is 23.4. The normalized spacial score (nSPS) is 14.3. The Hall–Kier alpha value is -3.22. The van der Waals surface area contributed by atoms with Crippen LogP contribution >= 0.6 is 0 Å². The Bertz CT molecular complexity index is 928. The highest BCUT2D eigenvalue weighted by Gasteiger charge is 2.27. The standard InChI is InChI=1S/C25H33N3O4/c1-25(2,3)16-23(29)26-19-7-9-20(10-8-19)28-12-6-11-27(24(28)30)17-18-13-21(31-4)15-22(14-18)32-5/h7-10,13-15H,6,11-12,16-17H2,1-5H3,(H,26,29). The summed E-state index contributed by atoms with van der Waals surface area (Å²) in [6.45, 7) is 7.92. The van der Waals surface area contributed by atoms with E-state index >= 15 is 0 Å². The van der Waals surface area contributed by atoms with Gasteiger partial charge in [-0.15, -0.1) is 0 Å². The molecular formula is C25H33N3O4. The quantitative estimate of drug-likeness (QED) is 0.665. The van der Waals surface area contributed by atoms with Gasteiger partial charge in [0.2, 0.25) is 5.91 Å². The van der Waals surface area contributed by atoms with Crippen molar-refractivity contribution < 1.29 is 19.1 Å². The van der Waals surface area contributed by atoms with E-state index in [4.69, 9.17) is 9.47 Å². The van der Waals surface area contributed by atoms with E-state index < -0.39 is 0 Å². The number of methoxy groups -OCH3 is 2. The minimum atomic E-state index is -0.0690. The van der Waals surface area contributed by atoms with Crippen molar-refractivity contribution in [1.29, 1.82) is 0 Å². The average molecular weight is 440 g/mol. The SMILES string of the molecule is COc1cc(CN2CCCN(c3ccc(NC(=O)CC(C)(C)C)cc3)C2=O)cc(OC)c1. The van der Waals surface area contributed by atoms with Gasteiger partial charge < -0.3 is 19.7 Å². The van der Waals surface area contributed by atoms with Crippen molar-refractivity contribution in [3.8, 4) is 11.5 Å². The molecule has 32 heavy (non-hydrogen) atoms. The van der Waals surface area contributed by atoms with Crippen LogP contribution in [-0.2, 0) is 11.3 Å². The second-order valence-electron chi connectivity index (χ2n) is 9.26. The maximum absolute atomic E-state index is 13.2. The first-order valence-electron chi connectivity index (χ1n) is 10.9. The maximum atomic E-state index is 13.2. The fraction of sp³-hybridized carbons (Fsp3) is 0.440. The third kappa shape index (κ3) is 6.15. The van der Waals surface area contributed by atoms with Gasteiger partial charge in [-0.3, -0.25) is 9.69 Å². The number of carbonyl (C=O) groups excluding carboxylic acids is 2. The predicted octanol–water partition coefficient (Wildman–Crippen LogP) is 4.91. The summed E-state index contributed by atoms with van der Waals surface area (Å²) in [7, 11) is 3.23. The van der Waals surface area contributed by atoms with Gasteiger partial charge in [0.15, 0.2) is 0 Å². The molecule has 2 aromatic rings. The molecule has 1 fully saturated rings. The van der Waals surface area contributed by atoms with E-state index in [1.54, 1.807) is 19.1 Å². The van der Waals surface area contributed by atoms with Crippen molar-refractivity contribution in [1.82, 2.24) is 4.90 Å². The van der Waals surface area contributed by atoms with Crippen LogP contribution in [0, 0.1) is 5.41 Å². The van der Waals surface area contributed by atoms with Crippen molar-refractivity contribution in [3.63, 3.8) is 0 Å². The highest BCUT2D eigenvalue weighted by atomic mass is 16.5. The van der Waals surface area contributed by atoms with Crippen molar-refractivity contribution in [3.05, 3.63) is 48.0 Å². The number of hydrogen-bond donors (Lipinski definition) is 1. The molecule has 1 aliphatic heterocycles. The van der Waals surface area contributed by atoms with Crippen LogP contribution < -0.4 is 19.7 Å². The van der Waals surface area contributed by atoms with Gasteiger partial charge in [-0.05, 0) is 53.8 Å². The fourth-order valence-electron chi connectivity index (χ4n) is 3.76. The molecule has 0 atom stereocenters. The molecule has 3 rings (SSSR count). The summed E-state index contributed by atoms with van der Waals surface area (Å²) in [6, 6.07) is 13.1. The monoisotopic (exact) mass is 439 g/mol. The van der Waals surface area contributed by atoms with Crippen LogP contribution in [0.25, 0.3) is 0 Å². The summed E-state index contributed by atoms with van der Waals surface area (Å²) < 4.78 is 10.7. The lowest BCUT2D eigenvalue weighted by Gasteiger charge is -2.36. The molecule has 7 heteroatoms. The van der Waals surface area contributed by atoms with Crippen LogP contribution in [0.5, 0.6) is 11.5 Å². The number of nitrogens with one attached hydrogen (secondary N) is 1. The zero-order valence-electron chi connectivity index (χ0n) is 19.6. The lowest BCUT2D eigenvalue weighted by molar-refractivity contribution is -0.117. The van der Waals surface area contributed by atoms with E-state index in [-0.39, 0.29) is 17.4 Å². The molecule has 1 saturated heterocycles. The molecule has 1 N–H and O–H groups in total. The molecule has 0 unspecified atom stereocenters. The van der Waals surface area contributed by atoms with Gasteiger partial charge in [0, 0.05) is 43.5 Å². The molecule has 1 aliphatic rings. The van der Waals surface area contributed by atoms with Gasteiger partial charge in [-0.25, -0.2) is 4.79 Å². The Morgan fingerprint density at radius 2 is 1.62 bits per heavy atom. The molecule has 3 amide bonds. The van der Waals surface area contributed by atoms with Crippen molar-refractivity contribution in [2.75, 3.05) is 37.5 Å². The molecule has 0 radical (unpaired) electrons. The van der Waals surface area contributed by atoms with Crippen LogP contribution in [0.4, 0.5) is 16.2 Å². The van der Waals surface area contributed by atoms with Gasteiger partial charge in [0.25, 0.3) is 0 Å². The van der Waals surface area contributed by atoms with Crippen molar-refractivity contribution >= 4 is 23.3 Å². The summed E-state index contributed by atoms with van der Waals surface area (Å²) in [4.78, 5) is 29.0. The van der Waals surface area contributed by atoms with E-state index in [0.717, 1.165) is 23.4 Å². The van der Waals surface area contributed by atoms with Gasteiger partial charge in [0.05, 0.1) is 14.2 Å². The average Bonchev–Trinajstić information content (AvgIpc) is 2.74. The number of benzene rings is 2. The number of amides is 3. The summed E-state index contributed by atoms with van der Waals surface area (Å²) in [5, 5.41) is 2.93. The van der Waals surface area contributed by atoms with Crippen LogP contribution in [0.2, 0.25) is 0 Å². The minimum Gasteiger partial charge on any atom is -0.497 e. The van der Waals surface area contributed by atoms with E-state index in [1.165, 1.54) is 0 Å². The molecule has 172 valence electrons. The van der Waals surface area contributed by atoms with E-state index in [9.17, 15) is 9.59 Å². The van der Waals surface area contributed by atoms with Gasteiger partial charge >= 0.3 is 6.03 Å². The first-order valence-corrected chi connectivity index (χ1v) is 10.9. The topological polar surface area (TPSA) is 71.1 Å². The second-order valence-corrected chi connectivity index (χ2v) is 9.26. The lowest BCUT2D eigenvalue weighted by atomic mass is 9.92. The maximum Gasteiger partial charge on any atom is 0.324 e. The Balaban J connectivity index is 1.68. The lowest BCUT2D eigenvalue weighted by Crippen LogP contribution is -2.49.